The molecule has 0 saturated carbocycles. The topological polar surface area (TPSA) is 39.7 Å². The van der Waals surface area contributed by atoms with Crippen LogP contribution in [-0.2, 0) is 4.74 Å². The molecule has 1 aromatic carbocycles. The van der Waals surface area contributed by atoms with Crippen LogP contribution in [0, 0.1) is 0 Å². The predicted molar refractivity (Wildman–Crippen MR) is 86.3 cm³/mol. The van der Waals surface area contributed by atoms with Crippen molar-refractivity contribution < 1.29 is 14.2 Å². The van der Waals surface area contributed by atoms with E-state index < -0.39 is 0 Å². The number of nitrogens with one attached hydrogen (secondary N) is 1. The number of rotatable bonds is 9. The maximum atomic E-state index is 5.58. The van der Waals surface area contributed by atoms with E-state index in [9.17, 15) is 0 Å². The molecule has 1 N–H and O–H groups in total. The number of hydrogen-bond donors (Lipinski definition) is 1. The molecular weight excluding hydrogens is 266 g/mol. The van der Waals surface area contributed by atoms with Crippen molar-refractivity contribution in [2.24, 2.45) is 0 Å². The van der Waals surface area contributed by atoms with Gasteiger partial charge in [-0.2, -0.15) is 0 Å². The summed E-state index contributed by atoms with van der Waals surface area (Å²) in [6.07, 6.45) is 1.96. The van der Waals surface area contributed by atoms with Crippen LogP contribution >= 0.6 is 0 Å². The Morgan fingerprint density at radius 1 is 1.05 bits per heavy atom. The molecule has 21 heavy (non-hydrogen) atoms. The zero-order valence-electron chi connectivity index (χ0n) is 14.2. The second-order valence-corrected chi connectivity index (χ2v) is 5.82. The first kappa shape index (κ1) is 17.8. The molecule has 0 aliphatic heterocycles. The lowest BCUT2D eigenvalue weighted by Gasteiger charge is -2.30. The summed E-state index contributed by atoms with van der Waals surface area (Å²) in [4.78, 5) is 0. The molecule has 1 rings (SSSR count). The Bertz CT molecular complexity index is 410. The third kappa shape index (κ3) is 5.56. The largest absolute Gasteiger partial charge is 0.497 e. The monoisotopic (exact) mass is 295 g/mol. The molecule has 0 bridgehead atoms. The molecule has 1 atom stereocenters. The van der Waals surface area contributed by atoms with Crippen molar-refractivity contribution in [2.75, 3.05) is 27.9 Å². The van der Waals surface area contributed by atoms with Gasteiger partial charge in [0.1, 0.15) is 11.5 Å². The number of benzene rings is 1. The van der Waals surface area contributed by atoms with Gasteiger partial charge in [0.15, 0.2) is 0 Å². The van der Waals surface area contributed by atoms with E-state index >= 15 is 0 Å². The maximum Gasteiger partial charge on any atom is 0.122 e. The third-order valence-electron chi connectivity index (χ3n) is 3.67. The summed E-state index contributed by atoms with van der Waals surface area (Å²) in [5.74, 6) is 1.62. The molecule has 4 heteroatoms. The van der Waals surface area contributed by atoms with Gasteiger partial charge >= 0.3 is 0 Å². The molecule has 4 nitrogen and oxygen atoms in total. The van der Waals surface area contributed by atoms with Crippen LogP contribution in [0.2, 0.25) is 0 Å². The first-order chi connectivity index (χ1) is 9.95. The van der Waals surface area contributed by atoms with Crippen LogP contribution in [0.3, 0.4) is 0 Å². The minimum absolute atomic E-state index is 0.193. The van der Waals surface area contributed by atoms with E-state index in [1.807, 2.05) is 6.07 Å². The highest BCUT2D eigenvalue weighted by Gasteiger charge is 2.24. The van der Waals surface area contributed by atoms with Gasteiger partial charge in [0.05, 0.1) is 19.8 Å². The van der Waals surface area contributed by atoms with Crippen LogP contribution in [0.5, 0.6) is 11.5 Å². The molecule has 0 saturated heterocycles. The minimum atomic E-state index is -0.193. The standard InChI is InChI=1S/C17H29NO3/c1-7-8-18-16(12-17(2,3)21-6)13-9-14(19-4)11-15(10-13)20-5/h9-11,16,18H,7-8,12H2,1-6H3. The van der Waals surface area contributed by atoms with E-state index in [4.69, 9.17) is 14.2 Å². The Balaban J connectivity index is 3.06. The van der Waals surface area contributed by atoms with Crippen molar-refractivity contribution in [1.82, 2.24) is 5.32 Å². The van der Waals surface area contributed by atoms with Crippen LogP contribution in [0.1, 0.15) is 45.2 Å². The molecule has 1 unspecified atom stereocenters. The summed E-state index contributed by atoms with van der Waals surface area (Å²) in [5.41, 5.74) is 0.964. The number of hydrogen-bond acceptors (Lipinski definition) is 4. The highest BCUT2D eigenvalue weighted by Crippen LogP contribution is 2.31. The Morgan fingerprint density at radius 2 is 1.62 bits per heavy atom. The fourth-order valence-corrected chi connectivity index (χ4v) is 2.23. The van der Waals surface area contributed by atoms with Gasteiger partial charge in [-0.15, -0.1) is 0 Å². The Morgan fingerprint density at radius 3 is 2.05 bits per heavy atom. The third-order valence-corrected chi connectivity index (χ3v) is 3.67. The van der Waals surface area contributed by atoms with E-state index in [0.29, 0.717) is 0 Å². The van der Waals surface area contributed by atoms with Crippen LogP contribution < -0.4 is 14.8 Å². The molecule has 0 aromatic heterocycles. The lowest BCUT2D eigenvalue weighted by Crippen LogP contribution is -2.32. The van der Waals surface area contributed by atoms with Gasteiger partial charge < -0.3 is 19.5 Å². The van der Waals surface area contributed by atoms with Crippen LogP contribution in [0.4, 0.5) is 0 Å². The van der Waals surface area contributed by atoms with Crippen molar-refractivity contribution in [2.45, 2.75) is 45.3 Å². The summed E-state index contributed by atoms with van der Waals surface area (Å²) >= 11 is 0. The summed E-state index contributed by atoms with van der Waals surface area (Å²) in [7, 11) is 5.10. The molecule has 0 aliphatic rings. The normalized spacial score (nSPS) is 13.0. The van der Waals surface area contributed by atoms with Crippen molar-refractivity contribution >= 4 is 0 Å². The molecular formula is C17H29NO3. The second kappa shape index (κ2) is 8.25. The number of methoxy groups -OCH3 is 3. The quantitative estimate of drug-likeness (QED) is 0.756. The molecule has 0 spiro atoms. The van der Waals surface area contributed by atoms with Crippen molar-refractivity contribution in [1.29, 1.82) is 0 Å². The summed E-state index contributed by atoms with van der Waals surface area (Å²) in [6.45, 7) is 7.33. The van der Waals surface area contributed by atoms with Crippen LogP contribution in [-0.4, -0.2) is 33.5 Å². The number of ether oxygens (including phenoxy) is 3. The van der Waals surface area contributed by atoms with Gasteiger partial charge in [0.25, 0.3) is 0 Å². The first-order valence-corrected chi connectivity index (χ1v) is 7.47. The maximum absolute atomic E-state index is 5.58. The van der Waals surface area contributed by atoms with E-state index in [2.05, 4.69) is 38.2 Å². The van der Waals surface area contributed by atoms with Gasteiger partial charge in [-0.1, -0.05) is 6.92 Å². The summed E-state index contributed by atoms with van der Waals surface area (Å²) in [5, 5.41) is 3.59. The average molecular weight is 295 g/mol. The summed E-state index contributed by atoms with van der Waals surface area (Å²) < 4.78 is 16.3. The smallest absolute Gasteiger partial charge is 0.122 e. The van der Waals surface area contributed by atoms with E-state index in [0.717, 1.165) is 36.4 Å². The molecule has 0 amide bonds. The highest BCUT2D eigenvalue weighted by molar-refractivity contribution is 5.40. The zero-order chi connectivity index (χ0) is 15.9. The Kier molecular flexibility index (Phi) is 6.99. The van der Waals surface area contributed by atoms with Gasteiger partial charge in [-0.25, -0.2) is 0 Å². The fraction of sp³-hybridized carbons (Fsp3) is 0.647. The van der Waals surface area contributed by atoms with E-state index in [-0.39, 0.29) is 11.6 Å². The van der Waals surface area contributed by atoms with E-state index in [1.165, 1.54) is 0 Å². The van der Waals surface area contributed by atoms with Crippen LogP contribution in [0.25, 0.3) is 0 Å². The SMILES string of the molecule is CCCNC(CC(C)(C)OC)c1cc(OC)cc(OC)c1. The lowest BCUT2D eigenvalue weighted by atomic mass is 9.93. The molecule has 0 aliphatic carbocycles. The molecule has 0 heterocycles. The first-order valence-electron chi connectivity index (χ1n) is 7.47. The van der Waals surface area contributed by atoms with E-state index in [1.54, 1.807) is 21.3 Å². The van der Waals surface area contributed by atoms with Crippen molar-refractivity contribution in [3.63, 3.8) is 0 Å². The lowest BCUT2D eigenvalue weighted by molar-refractivity contribution is 0.00681. The highest BCUT2D eigenvalue weighted by atomic mass is 16.5. The molecule has 0 radical (unpaired) electrons. The summed E-state index contributed by atoms with van der Waals surface area (Å²) in [6, 6.07) is 6.20. The van der Waals surface area contributed by atoms with Crippen LogP contribution in [0.15, 0.2) is 18.2 Å². The van der Waals surface area contributed by atoms with Crippen molar-refractivity contribution in [3.05, 3.63) is 23.8 Å². The molecule has 120 valence electrons. The molecule has 1 aromatic rings. The predicted octanol–water partition coefficient (Wildman–Crippen LogP) is 3.56. The minimum Gasteiger partial charge on any atom is -0.497 e. The van der Waals surface area contributed by atoms with Gasteiger partial charge in [0.2, 0.25) is 0 Å². The van der Waals surface area contributed by atoms with Gasteiger partial charge in [-0.3, -0.25) is 0 Å². The van der Waals surface area contributed by atoms with Gasteiger partial charge in [-0.05, 0) is 50.9 Å². The van der Waals surface area contributed by atoms with Crippen molar-refractivity contribution in [3.8, 4) is 11.5 Å². The average Bonchev–Trinajstić information content (AvgIpc) is 2.50. The fourth-order valence-electron chi connectivity index (χ4n) is 2.23. The molecule has 0 fully saturated rings. The second-order valence-electron chi connectivity index (χ2n) is 5.82. The Labute approximate surface area is 128 Å². The zero-order valence-corrected chi connectivity index (χ0v) is 14.2. The Hall–Kier alpha value is -1.26. The van der Waals surface area contributed by atoms with Gasteiger partial charge in [0, 0.05) is 19.2 Å².